The Kier molecular flexibility index (Phi) is 9.26. The number of carbonyl (C=O) groups excluding carboxylic acids is 2. The van der Waals surface area contributed by atoms with Crippen LogP contribution in [0.3, 0.4) is 0 Å². The van der Waals surface area contributed by atoms with Crippen molar-refractivity contribution in [2.24, 2.45) is 4.99 Å². The van der Waals surface area contributed by atoms with Crippen molar-refractivity contribution in [1.82, 2.24) is 20.5 Å². The van der Waals surface area contributed by atoms with E-state index in [-0.39, 0.29) is 35.8 Å². The zero-order valence-corrected chi connectivity index (χ0v) is 22.1. The van der Waals surface area contributed by atoms with Crippen molar-refractivity contribution in [3.63, 3.8) is 0 Å². The van der Waals surface area contributed by atoms with Gasteiger partial charge >= 0.3 is 0 Å². The molecule has 1 saturated heterocycles. The SMILES string of the molecule is CN=C(NCCCCN1C(=O)c2ccccc2C1=O)NC1CCN(c2ccc(C)cn2)CC1.I. The Morgan fingerprint density at radius 3 is 2.32 bits per heavy atom. The van der Waals surface area contributed by atoms with Crippen molar-refractivity contribution in [1.29, 1.82) is 0 Å². The fourth-order valence-electron chi connectivity index (χ4n) is 4.33. The molecule has 8 nitrogen and oxygen atoms in total. The van der Waals surface area contributed by atoms with Crippen molar-refractivity contribution in [2.75, 3.05) is 38.1 Å². The van der Waals surface area contributed by atoms with Crippen LogP contribution in [0.2, 0.25) is 0 Å². The number of rotatable bonds is 7. The Labute approximate surface area is 218 Å². The van der Waals surface area contributed by atoms with Gasteiger partial charge in [-0.25, -0.2) is 4.98 Å². The fraction of sp³-hybridized carbons (Fsp3) is 0.440. The fourth-order valence-corrected chi connectivity index (χ4v) is 4.33. The summed E-state index contributed by atoms with van der Waals surface area (Å²) in [4.78, 5) is 37.4. The van der Waals surface area contributed by atoms with Gasteiger partial charge in [0.1, 0.15) is 5.82 Å². The first-order valence-electron chi connectivity index (χ1n) is 11.7. The molecule has 0 aliphatic carbocycles. The molecule has 0 radical (unpaired) electrons. The lowest BCUT2D eigenvalue weighted by atomic mass is 10.1. The van der Waals surface area contributed by atoms with Crippen LogP contribution >= 0.6 is 24.0 Å². The van der Waals surface area contributed by atoms with Crippen LogP contribution in [0.5, 0.6) is 0 Å². The second kappa shape index (κ2) is 12.1. The first-order valence-corrected chi connectivity index (χ1v) is 11.7. The number of carbonyl (C=O) groups is 2. The van der Waals surface area contributed by atoms with E-state index in [4.69, 9.17) is 0 Å². The highest BCUT2D eigenvalue weighted by Crippen LogP contribution is 2.22. The van der Waals surface area contributed by atoms with E-state index in [0.717, 1.165) is 57.1 Å². The highest BCUT2D eigenvalue weighted by atomic mass is 127. The van der Waals surface area contributed by atoms with E-state index < -0.39 is 0 Å². The minimum Gasteiger partial charge on any atom is -0.356 e. The van der Waals surface area contributed by atoms with Crippen LogP contribution in [0.25, 0.3) is 0 Å². The number of anilines is 1. The smallest absolute Gasteiger partial charge is 0.261 e. The summed E-state index contributed by atoms with van der Waals surface area (Å²) in [6.45, 7) is 5.15. The van der Waals surface area contributed by atoms with Gasteiger partial charge in [-0.2, -0.15) is 0 Å². The Hall–Kier alpha value is -2.69. The van der Waals surface area contributed by atoms with Gasteiger partial charge < -0.3 is 15.5 Å². The molecule has 0 atom stereocenters. The molecule has 4 rings (SSSR count). The average Bonchev–Trinajstić information content (AvgIpc) is 3.09. The third-order valence-electron chi connectivity index (χ3n) is 6.26. The Balaban J connectivity index is 0.00000324. The van der Waals surface area contributed by atoms with Gasteiger partial charge in [0.25, 0.3) is 11.8 Å². The lowest BCUT2D eigenvalue weighted by molar-refractivity contribution is 0.0652. The molecule has 182 valence electrons. The molecule has 1 aromatic heterocycles. The number of guanidine groups is 1. The summed E-state index contributed by atoms with van der Waals surface area (Å²) in [5, 5.41) is 6.87. The number of nitrogens with zero attached hydrogens (tertiary/aromatic N) is 4. The minimum atomic E-state index is -0.187. The summed E-state index contributed by atoms with van der Waals surface area (Å²) >= 11 is 0. The second-order valence-electron chi connectivity index (χ2n) is 8.61. The van der Waals surface area contributed by atoms with Crippen LogP contribution in [-0.4, -0.2) is 66.9 Å². The topological polar surface area (TPSA) is 89.9 Å². The summed E-state index contributed by atoms with van der Waals surface area (Å²) in [5.74, 6) is 1.46. The number of amides is 2. The molecule has 2 N–H and O–H groups in total. The molecule has 2 aliphatic rings. The summed E-state index contributed by atoms with van der Waals surface area (Å²) in [7, 11) is 1.78. The van der Waals surface area contributed by atoms with Crippen LogP contribution in [0.4, 0.5) is 5.82 Å². The summed E-state index contributed by atoms with van der Waals surface area (Å²) in [6.07, 6.45) is 5.55. The van der Waals surface area contributed by atoms with Gasteiger partial charge in [-0.3, -0.25) is 19.5 Å². The molecule has 34 heavy (non-hydrogen) atoms. The van der Waals surface area contributed by atoms with Crippen LogP contribution in [0, 0.1) is 6.92 Å². The zero-order chi connectivity index (χ0) is 23.2. The molecule has 1 fully saturated rings. The van der Waals surface area contributed by atoms with Gasteiger partial charge in [0, 0.05) is 45.5 Å². The van der Waals surface area contributed by atoms with Gasteiger partial charge in [-0.05, 0) is 56.4 Å². The van der Waals surface area contributed by atoms with Crippen molar-refractivity contribution < 1.29 is 9.59 Å². The van der Waals surface area contributed by atoms with E-state index in [1.807, 2.05) is 6.20 Å². The van der Waals surface area contributed by atoms with Gasteiger partial charge in [0.15, 0.2) is 5.96 Å². The first-order chi connectivity index (χ1) is 16.1. The third-order valence-corrected chi connectivity index (χ3v) is 6.26. The normalized spacial score (nSPS) is 16.4. The number of benzene rings is 1. The van der Waals surface area contributed by atoms with Crippen LogP contribution < -0.4 is 15.5 Å². The largest absolute Gasteiger partial charge is 0.356 e. The summed E-state index contributed by atoms with van der Waals surface area (Å²) in [6, 6.07) is 11.6. The van der Waals surface area contributed by atoms with Crippen LogP contribution in [-0.2, 0) is 0 Å². The molecule has 1 aromatic carbocycles. The lowest BCUT2D eigenvalue weighted by Crippen LogP contribution is -2.49. The molecule has 0 saturated carbocycles. The zero-order valence-electron chi connectivity index (χ0n) is 19.8. The van der Waals surface area contributed by atoms with Gasteiger partial charge in [0.2, 0.25) is 0 Å². The van der Waals surface area contributed by atoms with Crippen LogP contribution in [0.15, 0.2) is 47.6 Å². The number of unbranched alkanes of at least 4 members (excludes halogenated alkanes) is 1. The number of halogens is 1. The number of fused-ring (bicyclic) bond motifs is 1. The molecular weight excluding hydrogens is 543 g/mol. The number of aromatic nitrogens is 1. The second-order valence-corrected chi connectivity index (χ2v) is 8.61. The van der Waals surface area contributed by atoms with Gasteiger partial charge in [0.05, 0.1) is 11.1 Å². The molecule has 2 aromatic rings. The number of imide groups is 1. The average molecular weight is 576 g/mol. The van der Waals surface area contributed by atoms with E-state index in [1.54, 1.807) is 31.3 Å². The van der Waals surface area contributed by atoms with E-state index in [2.05, 4.69) is 44.6 Å². The van der Waals surface area contributed by atoms with Crippen molar-refractivity contribution in [3.8, 4) is 0 Å². The van der Waals surface area contributed by atoms with Gasteiger partial charge in [-0.15, -0.1) is 24.0 Å². The number of nitrogens with one attached hydrogen (secondary N) is 2. The molecule has 0 spiro atoms. The van der Waals surface area contributed by atoms with E-state index in [0.29, 0.717) is 23.7 Å². The van der Waals surface area contributed by atoms with E-state index >= 15 is 0 Å². The number of pyridine rings is 1. The van der Waals surface area contributed by atoms with Crippen LogP contribution in [0.1, 0.15) is 52.0 Å². The lowest BCUT2D eigenvalue weighted by Gasteiger charge is -2.33. The maximum atomic E-state index is 12.4. The highest BCUT2D eigenvalue weighted by Gasteiger charge is 2.34. The molecule has 9 heteroatoms. The number of aryl methyl sites for hydroxylation is 1. The van der Waals surface area contributed by atoms with Crippen molar-refractivity contribution in [2.45, 2.75) is 38.6 Å². The highest BCUT2D eigenvalue weighted by molar-refractivity contribution is 14.0. The monoisotopic (exact) mass is 576 g/mol. The first kappa shape index (κ1) is 25.9. The van der Waals surface area contributed by atoms with E-state index in [1.165, 1.54) is 10.5 Å². The molecule has 0 bridgehead atoms. The Bertz CT molecular complexity index is 983. The molecule has 0 unspecified atom stereocenters. The Morgan fingerprint density at radius 2 is 1.74 bits per heavy atom. The predicted molar refractivity (Wildman–Crippen MR) is 145 cm³/mol. The van der Waals surface area contributed by atoms with Crippen molar-refractivity contribution in [3.05, 3.63) is 59.3 Å². The Morgan fingerprint density at radius 1 is 1.06 bits per heavy atom. The summed E-state index contributed by atoms with van der Waals surface area (Å²) in [5.41, 5.74) is 2.19. The minimum absolute atomic E-state index is 0. The standard InChI is InChI=1S/C25H32N6O2.HI/c1-18-9-10-22(28-17-18)30-15-11-19(12-16-30)29-25(26-2)27-13-5-6-14-31-23(32)20-7-3-4-8-21(20)24(31)33;/h3-4,7-10,17,19H,5-6,11-16H2,1-2H3,(H2,26,27,29);1H. The quantitative estimate of drug-likeness (QED) is 0.173. The summed E-state index contributed by atoms with van der Waals surface area (Å²) < 4.78 is 0. The molecule has 2 aliphatic heterocycles. The maximum absolute atomic E-state index is 12.4. The number of hydrogen-bond acceptors (Lipinski definition) is 5. The number of hydrogen-bond donors (Lipinski definition) is 2. The third kappa shape index (κ3) is 6.05. The maximum Gasteiger partial charge on any atom is 0.261 e. The predicted octanol–water partition coefficient (Wildman–Crippen LogP) is 3.22. The van der Waals surface area contributed by atoms with Crippen molar-refractivity contribution >= 4 is 47.6 Å². The van der Waals surface area contributed by atoms with E-state index in [9.17, 15) is 9.59 Å². The molecule has 2 amide bonds. The molecular formula is C25H33IN6O2. The molecule has 3 heterocycles. The van der Waals surface area contributed by atoms with Gasteiger partial charge in [-0.1, -0.05) is 18.2 Å². The number of aliphatic imine (C=N–C) groups is 1. The number of piperidine rings is 1.